The van der Waals surface area contributed by atoms with Crippen LogP contribution in [0.5, 0.6) is 0 Å². The van der Waals surface area contributed by atoms with Crippen LogP contribution in [0.1, 0.15) is 5.56 Å². The maximum atomic E-state index is 12.8. The Hall–Kier alpha value is -4.11. The second-order valence-corrected chi connectivity index (χ2v) is 8.94. The van der Waals surface area contributed by atoms with Gasteiger partial charge < -0.3 is 0 Å². The van der Waals surface area contributed by atoms with E-state index in [0.717, 1.165) is 16.7 Å². The van der Waals surface area contributed by atoms with E-state index in [1.54, 1.807) is 53.3 Å². The molecule has 5 aromatic rings. The molecular formula is C23H18N6O2S. The van der Waals surface area contributed by atoms with Gasteiger partial charge in [-0.15, -0.1) is 10.2 Å². The molecule has 158 valence electrons. The molecule has 0 radical (unpaired) electrons. The molecule has 0 amide bonds. The monoisotopic (exact) mass is 442 g/mol. The van der Waals surface area contributed by atoms with Crippen molar-refractivity contribution in [2.75, 3.05) is 4.72 Å². The van der Waals surface area contributed by atoms with Crippen LogP contribution in [-0.2, 0) is 10.0 Å². The molecule has 1 N–H and O–H groups in total. The molecule has 3 aromatic heterocycles. The van der Waals surface area contributed by atoms with Crippen molar-refractivity contribution in [2.24, 2.45) is 0 Å². The number of aryl methyl sites for hydroxylation is 1. The average Bonchev–Trinajstić information content (AvgIpc) is 3.23. The first-order valence-corrected chi connectivity index (χ1v) is 11.3. The lowest BCUT2D eigenvalue weighted by Crippen LogP contribution is -2.13. The highest BCUT2D eigenvalue weighted by Gasteiger charge is 2.15. The summed E-state index contributed by atoms with van der Waals surface area (Å²) in [6.45, 7) is 1.85. The first kappa shape index (κ1) is 19.8. The van der Waals surface area contributed by atoms with Crippen LogP contribution in [0, 0.1) is 6.92 Å². The van der Waals surface area contributed by atoms with E-state index in [1.807, 2.05) is 43.3 Å². The lowest BCUT2D eigenvalue weighted by Gasteiger charge is -2.10. The topological polar surface area (TPSA) is 102 Å². The Morgan fingerprint density at radius 1 is 0.875 bits per heavy atom. The van der Waals surface area contributed by atoms with E-state index < -0.39 is 10.0 Å². The molecule has 2 aromatic carbocycles. The molecule has 8 nitrogen and oxygen atoms in total. The molecular weight excluding hydrogens is 424 g/mol. The molecule has 0 atom stereocenters. The summed E-state index contributed by atoms with van der Waals surface area (Å²) in [6, 6.07) is 21.2. The summed E-state index contributed by atoms with van der Waals surface area (Å²) in [7, 11) is -3.71. The van der Waals surface area contributed by atoms with Crippen molar-refractivity contribution >= 4 is 21.4 Å². The van der Waals surface area contributed by atoms with Crippen LogP contribution in [0.15, 0.2) is 90.1 Å². The minimum absolute atomic E-state index is 0.216. The number of aromatic nitrogens is 5. The first-order valence-electron chi connectivity index (χ1n) is 9.82. The number of sulfonamides is 1. The van der Waals surface area contributed by atoms with Crippen molar-refractivity contribution in [3.63, 3.8) is 0 Å². The van der Waals surface area contributed by atoms with Gasteiger partial charge in [0.1, 0.15) is 0 Å². The first-order chi connectivity index (χ1) is 15.5. The van der Waals surface area contributed by atoms with Crippen molar-refractivity contribution in [1.29, 1.82) is 0 Å². The van der Waals surface area contributed by atoms with Crippen molar-refractivity contribution < 1.29 is 8.42 Å². The standard InChI is InChI=1S/C23H18N6O2S/c1-16-5-2-9-20(13-16)32(30,31)28-19-8-3-6-17(14-19)21-10-11-22-25-26-23(29(22)27-21)18-7-4-12-24-15-18/h2-15,28H,1H3. The number of pyridine rings is 1. The highest BCUT2D eigenvalue weighted by atomic mass is 32.2. The number of anilines is 1. The highest BCUT2D eigenvalue weighted by Crippen LogP contribution is 2.25. The van der Waals surface area contributed by atoms with Crippen LogP contribution in [0.2, 0.25) is 0 Å². The van der Waals surface area contributed by atoms with Gasteiger partial charge in [0, 0.05) is 29.2 Å². The fourth-order valence-electron chi connectivity index (χ4n) is 3.36. The minimum atomic E-state index is -3.71. The maximum Gasteiger partial charge on any atom is 0.261 e. The quantitative estimate of drug-likeness (QED) is 0.442. The Morgan fingerprint density at radius 2 is 1.72 bits per heavy atom. The van der Waals surface area contributed by atoms with E-state index in [9.17, 15) is 8.42 Å². The van der Waals surface area contributed by atoms with E-state index in [4.69, 9.17) is 0 Å². The number of benzene rings is 2. The minimum Gasteiger partial charge on any atom is -0.280 e. The van der Waals surface area contributed by atoms with Crippen LogP contribution < -0.4 is 4.72 Å². The second kappa shape index (κ2) is 7.86. The van der Waals surface area contributed by atoms with Gasteiger partial charge in [-0.05, 0) is 61.0 Å². The Labute approximate surface area is 184 Å². The molecule has 3 heterocycles. The zero-order chi connectivity index (χ0) is 22.1. The number of hydrogen-bond donors (Lipinski definition) is 1. The second-order valence-electron chi connectivity index (χ2n) is 7.26. The number of hydrogen-bond acceptors (Lipinski definition) is 6. The van der Waals surface area contributed by atoms with Crippen molar-refractivity contribution in [3.8, 4) is 22.6 Å². The van der Waals surface area contributed by atoms with E-state index in [-0.39, 0.29) is 4.90 Å². The van der Waals surface area contributed by atoms with Crippen molar-refractivity contribution in [3.05, 3.63) is 90.8 Å². The third kappa shape index (κ3) is 3.81. The number of nitrogens with zero attached hydrogens (tertiary/aromatic N) is 5. The van der Waals surface area contributed by atoms with Gasteiger partial charge in [0.25, 0.3) is 10.0 Å². The van der Waals surface area contributed by atoms with Gasteiger partial charge in [0.05, 0.1) is 10.6 Å². The maximum absolute atomic E-state index is 12.8. The van der Waals surface area contributed by atoms with Gasteiger partial charge in [0.15, 0.2) is 11.5 Å². The van der Waals surface area contributed by atoms with E-state index in [1.165, 1.54) is 0 Å². The van der Waals surface area contributed by atoms with Crippen molar-refractivity contribution in [2.45, 2.75) is 11.8 Å². The summed E-state index contributed by atoms with van der Waals surface area (Å²) in [5.74, 6) is 0.575. The van der Waals surface area contributed by atoms with Gasteiger partial charge in [-0.25, -0.2) is 8.42 Å². The van der Waals surface area contributed by atoms with E-state index >= 15 is 0 Å². The smallest absolute Gasteiger partial charge is 0.261 e. The summed E-state index contributed by atoms with van der Waals surface area (Å²) in [6.07, 6.45) is 3.39. The van der Waals surface area contributed by atoms with Gasteiger partial charge in [-0.3, -0.25) is 9.71 Å². The van der Waals surface area contributed by atoms with Crippen molar-refractivity contribution in [1.82, 2.24) is 24.8 Å². The fourth-order valence-corrected chi connectivity index (χ4v) is 4.51. The molecule has 0 saturated heterocycles. The molecule has 5 rings (SSSR count). The number of fused-ring (bicyclic) bond motifs is 1. The molecule has 0 unspecified atom stereocenters. The third-order valence-corrected chi connectivity index (χ3v) is 6.27. The van der Waals surface area contributed by atoms with Crippen LogP contribution in [0.4, 0.5) is 5.69 Å². The molecule has 9 heteroatoms. The predicted octanol–water partition coefficient (Wildman–Crippen LogP) is 3.96. The predicted molar refractivity (Wildman–Crippen MR) is 121 cm³/mol. The Kier molecular flexibility index (Phi) is 4.87. The summed E-state index contributed by atoms with van der Waals surface area (Å²) >= 11 is 0. The lowest BCUT2D eigenvalue weighted by molar-refractivity contribution is 0.601. The molecule has 0 fully saturated rings. The van der Waals surface area contributed by atoms with Crippen LogP contribution in [-0.4, -0.2) is 33.2 Å². The van der Waals surface area contributed by atoms with Crippen LogP contribution >= 0.6 is 0 Å². The molecule has 0 aliphatic rings. The summed E-state index contributed by atoms with van der Waals surface area (Å²) in [5, 5.41) is 13.1. The van der Waals surface area contributed by atoms with Gasteiger partial charge in [-0.1, -0.05) is 24.3 Å². The zero-order valence-corrected chi connectivity index (χ0v) is 17.9. The molecule has 0 bridgehead atoms. The summed E-state index contributed by atoms with van der Waals surface area (Å²) in [4.78, 5) is 4.35. The van der Waals surface area contributed by atoms with Crippen LogP contribution in [0.25, 0.3) is 28.3 Å². The fraction of sp³-hybridized carbons (Fsp3) is 0.0435. The third-order valence-electron chi connectivity index (χ3n) is 4.89. The Morgan fingerprint density at radius 3 is 2.53 bits per heavy atom. The number of rotatable bonds is 5. The van der Waals surface area contributed by atoms with Gasteiger partial charge >= 0.3 is 0 Å². The zero-order valence-electron chi connectivity index (χ0n) is 17.0. The van der Waals surface area contributed by atoms with Gasteiger partial charge in [0.2, 0.25) is 0 Å². The Bertz CT molecular complexity index is 1530. The summed E-state index contributed by atoms with van der Waals surface area (Å²) in [5.41, 5.74) is 4.12. The highest BCUT2D eigenvalue weighted by molar-refractivity contribution is 7.92. The van der Waals surface area contributed by atoms with Crippen LogP contribution in [0.3, 0.4) is 0 Å². The molecule has 0 saturated carbocycles. The van der Waals surface area contributed by atoms with E-state index in [0.29, 0.717) is 22.9 Å². The SMILES string of the molecule is Cc1cccc(S(=O)(=O)Nc2cccc(-c3ccc4nnc(-c5cccnc5)n4n3)c2)c1. The lowest BCUT2D eigenvalue weighted by atomic mass is 10.1. The normalized spacial score (nSPS) is 11.5. The van der Waals surface area contributed by atoms with E-state index in [2.05, 4.69) is 25.0 Å². The summed E-state index contributed by atoms with van der Waals surface area (Å²) < 4.78 is 29.9. The average molecular weight is 443 g/mol. The van der Waals surface area contributed by atoms with Gasteiger partial charge in [-0.2, -0.15) is 9.61 Å². The molecule has 0 aliphatic heterocycles. The molecule has 0 aliphatic carbocycles. The largest absolute Gasteiger partial charge is 0.280 e. The number of nitrogens with one attached hydrogen (secondary N) is 1. The molecule has 0 spiro atoms. The molecule has 32 heavy (non-hydrogen) atoms. The Balaban J connectivity index is 1.50.